The molecule has 1 aliphatic rings. The first-order chi connectivity index (χ1) is 9.61. The second-order valence-electron chi connectivity index (χ2n) is 4.82. The molecule has 0 aliphatic heterocycles. The summed E-state index contributed by atoms with van der Waals surface area (Å²) in [5.41, 5.74) is 0.0351. The molecule has 7 heteroatoms. The van der Waals surface area contributed by atoms with Gasteiger partial charge < -0.3 is 5.11 Å². The third-order valence-corrected chi connectivity index (χ3v) is 4.70. The van der Waals surface area contributed by atoms with Gasteiger partial charge in [-0.15, -0.1) is 11.3 Å². The molecular weight excluding hydrogens is 278 g/mol. The number of thiazole rings is 1. The molecule has 0 fully saturated rings. The molecule has 0 spiro atoms. The van der Waals surface area contributed by atoms with E-state index in [1.165, 1.54) is 16.2 Å². The van der Waals surface area contributed by atoms with Crippen molar-refractivity contribution in [2.45, 2.75) is 39.0 Å². The summed E-state index contributed by atoms with van der Waals surface area (Å²) in [6, 6.07) is 0. The van der Waals surface area contributed by atoms with Gasteiger partial charge in [0.15, 0.2) is 0 Å². The van der Waals surface area contributed by atoms with Gasteiger partial charge in [-0.1, -0.05) is 6.92 Å². The molecule has 2 N–H and O–H groups in total. The van der Waals surface area contributed by atoms with Crippen LogP contribution < -0.4 is 11.2 Å². The molecule has 0 saturated heterocycles. The van der Waals surface area contributed by atoms with Gasteiger partial charge in [-0.3, -0.25) is 9.78 Å². The predicted octanol–water partition coefficient (Wildman–Crippen LogP) is 1.13. The number of aromatic hydroxyl groups is 1. The van der Waals surface area contributed by atoms with Crippen LogP contribution in [0.4, 0.5) is 0 Å². The van der Waals surface area contributed by atoms with Crippen molar-refractivity contribution in [3.05, 3.63) is 37.0 Å². The molecule has 20 heavy (non-hydrogen) atoms. The Morgan fingerprint density at radius 3 is 2.80 bits per heavy atom. The largest absolute Gasteiger partial charge is 0.494 e. The molecule has 1 aliphatic carbocycles. The standard InChI is InChI=1S/C13H15N3O3S/c1-2-7-10(17)15-12(19)16(11(7)18)13-14-8-5-3-4-6-9(8)20-13/h18H,2-6H2,1H3,(H,15,17,19). The van der Waals surface area contributed by atoms with Crippen LogP contribution in [0.5, 0.6) is 5.88 Å². The Hall–Kier alpha value is -1.89. The van der Waals surface area contributed by atoms with Gasteiger partial charge in [-0.25, -0.2) is 14.3 Å². The second-order valence-corrected chi connectivity index (χ2v) is 5.89. The van der Waals surface area contributed by atoms with E-state index in [0.29, 0.717) is 11.6 Å². The Bertz CT molecular complexity index is 749. The van der Waals surface area contributed by atoms with Gasteiger partial charge in [0.2, 0.25) is 11.0 Å². The number of hydrogen-bond donors (Lipinski definition) is 2. The molecule has 2 aromatic heterocycles. The first-order valence-corrected chi connectivity index (χ1v) is 7.49. The van der Waals surface area contributed by atoms with Gasteiger partial charge >= 0.3 is 5.69 Å². The zero-order valence-corrected chi connectivity index (χ0v) is 11.9. The maximum absolute atomic E-state index is 12.0. The predicted molar refractivity (Wildman–Crippen MR) is 76.0 cm³/mol. The SMILES string of the molecule is CCc1c(O)n(-c2nc3c(s2)CCCC3)c(=O)[nH]c1=O. The fourth-order valence-electron chi connectivity index (χ4n) is 2.49. The average molecular weight is 293 g/mol. The van der Waals surface area contributed by atoms with Crippen LogP contribution >= 0.6 is 11.3 Å². The summed E-state index contributed by atoms with van der Waals surface area (Å²) in [6.45, 7) is 1.76. The molecular formula is C13H15N3O3S. The van der Waals surface area contributed by atoms with Crippen LogP contribution in [-0.2, 0) is 19.3 Å². The first-order valence-electron chi connectivity index (χ1n) is 6.68. The minimum atomic E-state index is -0.643. The quantitative estimate of drug-likeness (QED) is 0.868. The Kier molecular flexibility index (Phi) is 3.21. The highest BCUT2D eigenvalue weighted by molar-refractivity contribution is 7.14. The molecule has 106 valence electrons. The molecule has 2 heterocycles. The number of fused-ring (bicyclic) bond motifs is 1. The van der Waals surface area contributed by atoms with Crippen LogP contribution in [0.1, 0.15) is 35.9 Å². The Balaban J connectivity index is 2.22. The lowest BCUT2D eigenvalue weighted by molar-refractivity contribution is 0.423. The van der Waals surface area contributed by atoms with Crippen molar-refractivity contribution in [3.8, 4) is 11.0 Å². The zero-order chi connectivity index (χ0) is 14.3. The fourth-order valence-corrected chi connectivity index (χ4v) is 3.64. The van der Waals surface area contributed by atoms with Gasteiger partial charge in [-0.05, 0) is 32.1 Å². The van der Waals surface area contributed by atoms with Crippen LogP contribution in [0.3, 0.4) is 0 Å². The molecule has 0 radical (unpaired) electrons. The first kappa shape index (κ1) is 13.1. The van der Waals surface area contributed by atoms with Crippen molar-refractivity contribution in [2.24, 2.45) is 0 Å². The van der Waals surface area contributed by atoms with E-state index >= 15 is 0 Å². The van der Waals surface area contributed by atoms with Crippen molar-refractivity contribution in [3.63, 3.8) is 0 Å². The summed E-state index contributed by atoms with van der Waals surface area (Å²) in [4.78, 5) is 31.4. The molecule has 6 nitrogen and oxygen atoms in total. The van der Waals surface area contributed by atoms with E-state index in [0.717, 1.165) is 35.9 Å². The fraction of sp³-hybridized carbons (Fsp3) is 0.462. The van der Waals surface area contributed by atoms with E-state index in [1.54, 1.807) is 6.92 Å². The number of rotatable bonds is 2. The molecule has 0 amide bonds. The maximum atomic E-state index is 12.0. The third kappa shape index (κ3) is 1.98. The van der Waals surface area contributed by atoms with Crippen molar-refractivity contribution in [1.29, 1.82) is 0 Å². The van der Waals surface area contributed by atoms with E-state index in [1.807, 2.05) is 0 Å². The highest BCUT2D eigenvalue weighted by Crippen LogP contribution is 2.29. The number of aromatic nitrogens is 3. The summed E-state index contributed by atoms with van der Waals surface area (Å²) in [6.07, 6.45) is 4.45. The van der Waals surface area contributed by atoms with E-state index in [-0.39, 0.29) is 11.4 Å². The summed E-state index contributed by atoms with van der Waals surface area (Å²) < 4.78 is 1.10. The van der Waals surface area contributed by atoms with E-state index in [9.17, 15) is 14.7 Å². The average Bonchev–Trinajstić information content (AvgIpc) is 2.81. The lowest BCUT2D eigenvalue weighted by Gasteiger charge is -2.07. The van der Waals surface area contributed by atoms with Crippen LogP contribution in [0.2, 0.25) is 0 Å². The van der Waals surface area contributed by atoms with Gasteiger partial charge in [0.25, 0.3) is 5.56 Å². The number of H-pyrrole nitrogens is 1. The number of hydrogen-bond acceptors (Lipinski definition) is 5. The number of nitrogens with one attached hydrogen (secondary N) is 1. The molecule has 0 aromatic carbocycles. The van der Waals surface area contributed by atoms with Gasteiger partial charge in [0, 0.05) is 4.88 Å². The molecule has 3 rings (SSSR count). The Morgan fingerprint density at radius 2 is 2.10 bits per heavy atom. The second kappa shape index (κ2) is 4.90. The van der Waals surface area contributed by atoms with Crippen molar-refractivity contribution in [2.75, 3.05) is 0 Å². The Labute approximate surface area is 118 Å². The lowest BCUT2D eigenvalue weighted by Crippen LogP contribution is -2.31. The zero-order valence-electron chi connectivity index (χ0n) is 11.1. The van der Waals surface area contributed by atoms with Gasteiger partial charge in [-0.2, -0.15) is 0 Å². The van der Waals surface area contributed by atoms with Crippen LogP contribution in [-0.4, -0.2) is 19.6 Å². The van der Waals surface area contributed by atoms with Crippen molar-refractivity contribution < 1.29 is 5.11 Å². The van der Waals surface area contributed by atoms with E-state index in [4.69, 9.17) is 0 Å². The topological polar surface area (TPSA) is 88.0 Å². The summed E-state index contributed by atoms with van der Waals surface area (Å²) in [5, 5.41) is 10.6. The molecule has 2 aromatic rings. The normalized spacial score (nSPS) is 14.2. The third-order valence-electron chi connectivity index (χ3n) is 3.56. The summed E-state index contributed by atoms with van der Waals surface area (Å²) in [7, 11) is 0. The monoisotopic (exact) mass is 293 g/mol. The van der Waals surface area contributed by atoms with Crippen LogP contribution in [0.15, 0.2) is 9.59 Å². The summed E-state index contributed by atoms with van der Waals surface area (Å²) >= 11 is 1.41. The highest BCUT2D eigenvalue weighted by Gasteiger charge is 2.20. The number of nitrogens with zero attached hydrogens (tertiary/aromatic N) is 2. The Morgan fingerprint density at radius 1 is 1.35 bits per heavy atom. The smallest absolute Gasteiger partial charge is 0.337 e. The molecule has 0 atom stereocenters. The minimum absolute atomic E-state index is 0.206. The van der Waals surface area contributed by atoms with E-state index < -0.39 is 11.2 Å². The van der Waals surface area contributed by atoms with Gasteiger partial charge in [0.05, 0.1) is 11.3 Å². The molecule has 0 bridgehead atoms. The highest BCUT2D eigenvalue weighted by atomic mass is 32.1. The minimum Gasteiger partial charge on any atom is -0.494 e. The van der Waals surface area contributed by atoms with Crippen molar-refractivity contribution >= 4 is 11.3 Å². The molecule has 0 unspecified atom stereocenters. The number of aryl methyl sites for hydroxylation is 2. The van der Waals surface area contributed by atoms with Gasteiger partial charge in [0.1, 0.15) is 0 Å². The van der Waals surface area contributed by atoms with E-state index in [2.05, 4.69) is 9.97 Å². The van der Waals surface area contributed by atoms with Crippen LogP contribution in [0, 0.1) is 0 Å². The molecule has 0 saturated carbocycles. The lowest BCUT2D eigenvalue weighted by atomic mass is 10.0. The maximum Gasteiger partial charge on any atom is 0.337 e. The number of aromatic amines is 1. The van der Waals surface area contributed by atoms with Crippen LogP contribution in [0.25, 0.3) is 5.13 Å². The van der Waals surface area contributed by atoms with Crippen molar-refractivity contribution in [1.82, 2.24) is 14.5 Å². The summed E-state index contributed by atoms with van der Waals surface area (Å²) in [5.74, 6) is -0.299.